The van der Waals surface area contributed by atoms with Crippen LogP contribution in [0, 0.1) is 24.5 Å². The van der Waals surface area contributed by atoms with Crippen LogP contribution in [0.2, 0.25) is 0 Å². The summed E-state index contributed by atoms with van der Waals surface area (Å²) >= 11 is 0. The van der Waals surface area contributed by atoms with Gasteiger partial charge >= 0.3 is 0 Å². The number of aromatic nitrogens is 2. The number of nitrogens with one attached hydrogen (secondary N) is 2. The van der Waals surface area contributed by atoms with Crippen molar-refractivity contribution in [3.05, 3.63) is 47.3 Å². The Labute approximate surface area is 169 Å². The van der Waals surface area contributed by atoms with E-state index in [1.165, 1.54) is 0 Å². The fourth-order valence-corrected chi connectivity index (χ4v) is 3.60. The van der Waals surface area contributed by atoms with Crippen LogP contribution in [0.4, 0.5) is 20.4 Å². The van der Waals surface area contributed by atoms with Crippen molar-refractivity contribution < 1.29 is 13.6 Å². The fourth-order valence-electron chi connectivity index (χ4n) is 3.60. The topological polar surface area (TPSA) is 70.2 Å². The summed E-state index contributed by atoms with van der Waals surface area (Å²) in [7, 11) is 3.90. The number of anilines is 2. The Balaban J connectivity index is 1.48. The monoisotopic (exact) mass is 403 g/mol. The zero-order valence-electron chi connectivity index (χ0n) is 17.0. The van der Waals surface area contributed by atoms with Gasteiger partial charge in [0.15, 0.2) is 0 Å². The van der Waals surface area contributed by atoms with Crippen LogP contribution in [-0.2, 0) is 0 Å². The van der Waals surface area contributed by atoms with Gasteiger partial charge in [-0.25, -0.2) is 18.7 Å². The second-order valence-corrected chi connectivity index (χ2v) is 7.78. The Morgan fingerprint density at radius 2 is 1.72 bits per heavy atom. The highest BCUT2D eigenvalue weighted by molar-refractivity contribution is 5.94. The first-order chi connectivity index (χ1) is 13.8. The van der Waals surface area contributed by atoms with E-state index < -0.39 is 17.5 Å². The lowest BCUT2D eigenvalue weighted by Gasteiger charge is -2.29. The molecule has 0 spiro atoms. The number of amides is 1. The molecule has 3 rings (SSSR count). The van der Waals surface area contributed by atoms with Crippen molar-refractivity contribution in [1.82, 2.24) is 15.3 Å². The van der Waals surface area contributed by atoms with Crippen LogP contribution in [0.5, 0.6) is 0 Å². The second kappa shape index (κ2) is 9.15. The summed E-state index contributed by atoms with van der Waals surface area (Å²) in [6, 6.07) is 5.11. The van der Waals surface area contributed by atoms with Gasteiger partial charge in [0, 0.05) is 44.4 Å². The van der Waals surface area contributed by atoms with E-state index in [0.29, 0.717) is 18.5 Å². The quantitative estimate of drug-likeness (QED) is 0.772. The first kappa shape index (κ1) is 21.0. The maximum atomic E-state index is 13.3. The van der Waals surface area contributed by atoms with Crippen molar-refractivity contribution in [2.24, 2.45) is 5.92 Å². The lowest BCUT2D eigenvalue weighted by Crippen LogP contribution is -2.34. The molecule has 29 heavy (non-hydrogen) atoms. The maximum Gasteiger partial charge on any atom is 0.251 e. The molecule has 0 radical (unpaired) electrons. The lowest BCUT2D eigenvalue weighted by atomic mass is 9.86. The van der Waals surface area contributed by atoms with E-state index in [9.17, 15) is 13.6 Å². The van der Waals surface area contributed by atoms with Crippen LogP contribution < -0.4 is 15.5 Å². The molecule has 1 fully saturated rings. The number of hydrogen-bond acceptors (Lipinski definition) is 5. The van der Waals surface area contributed by atoms with Crippen LogP contribution in [0.1, 0.15) is 41.9 Å². The van der Waals surface area contributed by atoms with Crippen LogP contribution in [0.15, 0.2) is 24.3 Å². The number of rotatable bonds is 6. The lowest BCUT2D eigenvalue weighted by molar-refractivity contribution is 0.0942. The highest BCUT2D eigenvalue weighted by atomic mass is 19.1. The minimum absolute atomic E-state index is 0.00804. The van der Waals surface area contributed by atoms with Crippen molar-refractivity contribution in [3.8, 4) is 0 Å². The zero-order chi connectivity index (χ0) is 21.0. The maximum absolute atomic E-state index is 13.3. The van der Waals surface area contributed by atoms with Crippen molar-refractivity contribution in [3.63, 3.8) is 0 Å². The smallest absolute Gasteiger partial charge is 0.251 e. The summed E-state index contributed by atoms with van der Waals surface area (Å²) in [5.41, 5.74) is 0.00804. The first-order valence-electron chi connectivity index (χ1n) is 9.84. The largest absolute Gasteiger partial charge is 0.367 e. The predicted molar refractivity (Wildman–Crippen MR) is 109 cm³/mol. The number of carbonyl (C=O) groups is 1. The molecular weight excluding hydrogens is 376 g/mol. The van der Waals surface area contributed by atoms with Gasteiger partial charge in [-0.3, -0.25) is 4.79 Å². The Bertz CT molecular complexity index is 846. The van der Waals surface area contributed by atoms with Gasteiger partial charge in [-0.1, -0.05) is 0 Å². The van der Waals surface area contributed by atoms with Crippen LogP contribution in [-0.4, -0.2) is 42.6 Å². The molecule has 156 valence electrons. The molecule has 1 aliphatic carbocycles. The highest BCUT2D eigenvalue weighted by Gasteiger charge is 2.22. The standard InChI is InChI=1S/C21H27F2N5O/c1-13-25-19(11-20(26-13)28(2)3)27-18-6-4-14(5-7-18)12-24-21(29)15-8-16(22)10-17(23)9-15/h8-11,14,18H,4-7,12H2,1-3H3,(H,24,29)(H,25,26,27). The van der Waals surface area contributed by atoms with Gasteiger partial charge in [0.25, 0.3) is 5.91 Å². The minimum Gasteiger partial charge on any atom is -0.367 e. The van der Waals surface area contributed by atoms with Crippen LogP contribution in [0.3, 0.4) is 0 Å². The number of benzene rings is 1. The van der Waals surface area contributed by atoms with Gasteiger partial charge < -0.3 is 15.5 Å². The predicted octanol–water partition coefficient (Wildman–Crippen LogP) is 3.53. The number of halogens is 2. The Morgan fingerprint density at radius 3 is 2.34 bits per heavy atom. The zero-order valence-corrected chi connectivity index (χ0v) is 17.0. The molecule has 6 nitrogen and oxygen atoms in total. The molecule has 0 atom stereocenters. The van der Waals surface area contributed by atoms with E-state index in [2.05, 4.69) is 20.6 Å². The molecule has 1 saturated carbocycles. The van der Waals surface area contributed by atoms with E-state index in [1.807, 2.05) is 32.0 Å². The molecule has 2 aromatic rings. The molecule has 1 heterocycles. The van der Waals surface area contributed by atoms with Gasteiger partial charge in [-0.2, -0.15) is 0 Å². The third-order valence-electron chi connectivity index (χ3n) is 5.16. The number of hydrogen-bond donors (Lipinski definition) is 2. The van der Waals surface area contributed by atoms with E-state index >= 15 is 0 Å². The molecule has 0 saturated heterocycles. The van der Waals surface area contributed by atoms with Crippen LogP contribution >= 0.6 is 0 Å². The molecule has 1 aromatic heterocycles. The summed E-state index contributed by atoms with van der Waals surface area (Å²) in [6.45, 7) is 2.38. The van der Waals surface area contributed by atoms with Gasteiger partial charge in [0.2, 0.25) is 0 Å². The average molecular weight is 403 g/mol. The second-order valence-electron chi connectivity index (χ2n) is 7.78. The van der Waals surface area contributed by atoms with Gasteiger partial charge in [-0.05, 0) is 50.7 Å². The van der Waals surface area contributed by atoms with Crippen molar-refractivity contribution in [2.45, 2.75) is 38.6 Å². The molecular formula is C21H27F2N5O. The first-order valence-corrected chi connectivity index (χ1v) is 9.84. The van der Waals surface area contributed by atoms with Crippen molar-refractivity contribution >= 4 is 17.5 Å². The molecule has 1 amide bonds. The Hall–Kier alpha value is -2.77. The minimum atomic E-state index is -0.751. The van der Waals surface area contributed by atoms with Crippen molar-refractivity contribution in [1.29, 1.82) is 0 Å². The van der Waals surface area contributed by atoms with E-state index in [1.54, 1.807) is 0 Å². The number of nitrogens with zero attached hydrogens (tertiary/aromatic N) is 3. The molecule has 2 N–H and O–H groups in total. The van der Waals surface area contributed by atoms with E-state index in [0.717, 1.165) is 61.3 Å². The molecule has 0 aliphatic heterocycles. The fraction of sp³-hybridized carbons (Fsp3) is 0.476. The highest BCUT2D eigenvalue weighted by Crippen LogP contribution is 2.26. The molecule has 8 heteroatoms. The molecule has 0 unspecified atom stereocenters. The van der Waals surface area contributed by atoms with Gasteiger partial charge in [-0.15, -0.1) is 0 Å². The summed E-state index contributed by atoms with van der Waals surface area (Å²) < 4.78 is 26.5. The van der Waals surface area contributed by atoms with Crippen molar-refractivity contribution in [2.75, 3.05) is 30.9 Å². The number of aryl methyl sites for hydroxylation is 1. The molecule has 0 bridgehead atoms. The van der Waals surface area contributed by atoms with E-state index in [-0.39, 0.29) is 5.56 Å². The molecule has 1 aliphatic rings. The summed E-state index contributed by atoms with van der Waals surface area (Å²) in [4.78, 5) is 23.0. The Kier molecular flexibility index (Phi) is 6.61. The third-order valence-corrected chi connectivity index (χ3v) is 5.16. The SMILES string of the molecule is Cc1nc(NC2CCC(CNC(=O)c3cc(F)cc(F)c3)CC2)cc(N(C)C)n1. The summed E-state index contributed by atoms with van der Waals surface area (Å²) in [6.07, 6.45) is 3.85. The van der Waals surface area contributed by atoms with Gasteiger partial charge in [0.1, 0.15) is 29.1 Å². The average Bonchev–Trinajstić information content (AvgIpc) is 2.66. The Morgan fingerprint density at radius 1 is 1.07 bits per heavy atom. The summed E-state index contributed by atoms with van der Waals surface area (Å²) in [5.74, 6) is 0.814. The summed E-state index contributed by atoms with van der Waals surface area (Å²) in [5, 5.41) is 6.29. The number of carbonyl (C=O) groups excluding carboxylic acids is 1. The third kappa shape index (κ3) is 5.85. The van der Waals surface area contributed by atoms with E-state index in [4.69, 9.17) is 0 Å². The molecule has 1 aromatic carbocycles. The van der Waals surface area contributed by atoms with Crippen LogP contribution in [0.25, 0.3) is 0 Å². The normalized spacial score (nSPS) is 18.9. The van der Waals surface area contributed by atoms with Gasteiger partial charge in [0.05, 0.1) is 0 Å².